The smallest absolute Gasteiger partial charge is 0.407 e. The molecule has 1 amide bonds. The van der Waals surface area contributed by atoms with Gasteiger partial charge in [-0.25, -0.2) is 4.79 Å². The highest BCUT2D eigenvalue weighted by Gasteiger charge is 2.22. The van der Waals surface area contributed by atoms with Gasteiger partial charge < -0.3 is 20.0 Å². The number of aliphatic hydroxyl groups excluding tert-OH is 1. The van der Waals surface area contributed by atoms with E-state index in [1.807, 2.05) is 20.8 Å². The number of aldehydes is 1. The number of hydrogen-bond acceptors (Lipinski definition) is 5. The fourth-order valence-electron chi connectivity index (χ4n) is 2.16. The van der Waals surface area contributed by atoms with Gasteiger partial charge in [0.15, 0.2) is 0 Å². The molecule has 0 bridgehead atoms. The van der Waals surface area contributed by atoms with Crippen LogP contribution in [-0.4, -0.2) is 42.9 Å². The molecule has 0 aliphatic carbocycles. The molecule has 6 heteroatoms. The molecule has 6 nitrogen and oxygen atoms in total. The zero-order valence-electron chi connectivity index (χ0n) is 12.9. The van der Waals surface area contributed by atoms with Crippen molar-refractivity contribution < 1.29 is 19.4 Å². The minimum Gasteiger partial charge on any atom is -0.453 e. The normalized spacial score (nSPS) is 16.9. The SMILES string of the molecule is CCC(CC=O)CC(C)NC(O)C(CC)NC(=O)OC. The number of nitrogens with one attached hydrogen (secondary N) is 2. The van der Waals surface area contributed by atoms with Crippen molar-refractivity contribution in [2.24, 2.45) is 5.92 Å². The number of carbonyl (C=O) groups excluding carboxylic acids is 2. The second-order valence-electron chi connectivity index (χ2n) is 5.08. The zero-order valence-corrected chi connectivity index (χ0v) is 12.9. The van der Waals surface area contributed by atoms with Crippen molar-refractivity contribution in [3.05, 3.63) is 0 Å². The van der Waals surface area contributed by atoms with Crippen molar-refractivity contribution in [1.82, 2.24) is 10.6 Å². The van der Waals surface area contributed by atoms with Crippen LogP contribution in [0, 0.1) is 5.92 Å². The molecule has 0 fully saturated rings. The van der Waals surface area contributed by atoms with Gasteiger partial charge in [0.2, 0.25) is 0 Å². The quantitative estimate of drug-likeness (QED) is 0.418. The molecular formula is C14H28N2O4. The van der Waals surface area contributed by atoms with Crippen molar-refractivity contribution in [2.45, 2.75) is 64.8 Å². The van der Waals surface area contributed by atoms with E-state index >= 15 is 0 Å². The van der Waals surface area contributed by atoms with Crippen molar-refractivity contribution in [2.75, 3.05) is 7.11 Å². The Hall–Kier alpha value is -1.14. The van der Waals surface area contributed by atoms with Gasteiger partial charge in [-0.1, -0.05) is 20.3 Å². The van der Waals surface area contributed by atoms with Crippen LogP contribution in [0.2, 0.25) is 0 Å². The minimum atomic E-state index is -0.845. The maximum Gasteiger partial charge on any atom is 0.407 e. The molecule has 0 rings (SSSR count). The summed E-state index contributed by atoms with van der Waals surface area (Å²) < 4.78 is 4.52. The third-order valence-electron chi connectivity index (χ3n) is 3.46. The molecule has 0 saturated carbocycles. The summed E-state index contributed by atoms with van der Waals surface area (Å²) in [5.74, 6) is 0.316. The molecule has 0 aliphatic rings. The summed E-state index contributed by atoms with van der Waals surface area (Å²) in [6, 6.07) is -0.348. The molecule has 20 heavy (non-hydrogen) atoms. The van der Waals surface area contributed by atoms with Crippen molar-refractivity contribution in [3.8, 4) is 0 Å². The summed E-state index contributed by atoms with van der Waals surface area (Å²) in [6.07, 6.45) is 2.39. The predicted octanol–water partition coefficient (Wildman–Crippen LogP) is 1.42. The number of amides is 1. The highest BCUT2D eigenvalue weighted by atomic mass is 16.5. The van der Waals surface area contributed by atoms with Crippen molar-refractivity contribution in [1.29, 1.82) is 0 Å². The summed E-state index contributed by atoms with van der Waals surface area (Å²) >= 11 is 0. The highest BCUT2D eigenvalue weighted by Crippen LogP contribution is 2.14. The van der Waals surface area contributed by atoms with Crippen LogP contribution in [0.5, 0.6) is 0 Å². The lowest BCUT2D eigenvalue weighted by Crippen LogP contribution is -2.52. The van der Waals surface area contributed by atoms with Crippen LogP contribution in [-0.2, 0) is 9.53 Å². The van der Waals surface area contributed by atoms with Crippen molar-refractivity contribution in [3.63, 3.8) is 0 Å². The van der Waals surface area contributed by atoms with E-state index in [1.165, 1.54) is 7.11 Å². The Morgan fingerprint density at radius 3 is 2.45 bits per heavy atom. The topological polar surface area (TPSA) is 87.7 Å². The predicted molar refractivity (Wildman–Crippen MR) is 77.3 cm³/mol. The largest absolute Gasteiger partial charge is 0.453 e. The lowest BCUT2D eigenvalue weighted by molar-refractivity contribution is -0.108. The van der Waals surface area contributed by atoms with Gasteiger partial charge in [0, 0.05) is 12.5 Å². The maximum atomic E-state index is 11.2. The summed E-state index contributed by atoms with van der Waals surface area (Å²) in [5, 5.41) is 15.7. The number of carbonyl (C=O) groups is 2. The summed E-state index contributed by atoms with van der Waals surface area (Å²) in [7, 11) is 1.29. The van der Waals surface area contributed by atoms with Crippen LogP contribution in [0.25, 0.3) is 0 Å². The maximum absolute atomic E-state index is 11.2. The average molecular weight is 288 g/mol. The van der Waals surface area contributed by atoms with E-state index in [-0.39, 0.29) is 6.04 Å². The van der Waals surface area contributed by atoms with Crippen LogP contribution in [0.15, 0.2) is 0 Å². The Bertz CT molecular complexity index is 286. The number of ether oxygens (including phenoxy) is 1. The Morgan fingerprint density at radius 2 is 2.00 bits per heavy atom. The number of alkyl carbamates (subject to hydrolysis) is 1. The van der Waals surface area contributed by atoms with Crippen molar-refractivity contribution >= 4 is 12.4 Å². The molecule has 0 aromatic rings. The van der Waals surface area contributed by atoms with E-state index in [1.54, 1.807) is 0 Å². The van der Waals surface area contributed by atoms with Gasteiger partial charge in [0.05, 0.1) is 13.2 Å². The molecule has 3 N–H and O–H groups in total. The van der Waals surface area contributed by atoms with Crippen LogP contribution >= 0.6 is 0 Å². The molecular weight excluding hydrogens is 260 g/mol. The van der Waals surface area contributed by atoms with E-state index in [0.29, 0.717) is 18.8 Å². The van der Waals surface area contributed by atoms with Gasteiger partial charge in [-0.3, -0.25) is 5.32 Å². The van der Waals surface area contributed by atoms with Gasteiger partial charge in [-0.2, -0.15) is 0 Å². The third kappa shape index (κ3) is 7.45. The van der Waals surface area contributed by atoms with Crippen LogP contribution in [0.1, 0.15) is 46.5 Å². The third-order valence-corrected chi connectivity index (χ3v) is 3.46. The molecule has 4 unspecified atom stereocenters. The summed E-state index contributed by atoms with van der Waals surface area (Å²) in [4.78, 5) is 21.7. The summed E-state index contributed by atoms with van der Waals surface area (Å²) in [6.45, 7) is 5.88. The molecule has 0 aromatic carbocycles. The molecule has 0 heterocycles. The monoisotopic (exact) mass is 288 g/mol. The van der Waals surface area contributed by atoms with Crippen LogP contribution in [0.4, 0.5) is 4.79 Å². The van der Waals surface area contributed by atoms with Crippen LogP contribution in [0.3, 0.4) is 0 Å². The molecule has 0 aliphatic heterocycles. The highest BCUT2D eigenvalue weighted by molar-refractivity contribution is 5.67. The van der Waals surface area contributed by atoms with E-state index in [0.717, 1.165) is 19.1 Å². The summed E-state index contributed by atoms with van der Waals surface area (Å²) in [5.41, 5.74) is 0. The average Bonchev–Trinajstić information content (AvgIpc) is 2.43. The van der Waals surface area contributed by atoms with Gasteiger partial charge in [0.25, 0.3) is 0 Å². The number of aliphatic hydroxyl groups is 1. The first kappa shape index (κ1) is 18.9. The minimum absolute atomic E-state index is 0.0587. The molecule has 0 saturated heterocycles. The van der Waals surface area contributed by atoms with E-state index in [4.69, 9.17) is 0 Å². The first-order chi connectivity index (χ1) is 9.48. The van der Waals surface area contributed by atoms with Gasteiger partial charge in [0.1, 0.15) is 12.5 Å². The lowest BCUT2D eigenvalue weighted by atomic mass is 9.95. The van der Waals surface area contributed by atoms with E-state index < -0.39 is 18.4 Å². The Kier molecular flexibility index (Phi) is 10.0. The Morgan fingerprint density at radius 1 is 1.35 bits per heavy atom. The van der Waals surface area contributed by atoms with E-state index in [2.05, 4.69) is 15.4 Å². The molecule has 118 valence electrons. The molecule has 0 radical (unpaired) electrons. The second-order valence-corrected chi connectivity index (χ2v) is 5.08. The second kappa shape index (κ2) is 10.6. The molecule has 0 spiro atoms. The van der Waals surface area contributed by atoms with Gasteiger partial charge in [-0.15, -0.1) is 0 Å². The number of methoxy groups -OCH3 is 1. The first-order valence-electron chi connectivity index (χ1n) is 7.20. The molecule has 0 aromatic heterocycles. The zero-order chi connectivity index (χ0) is 15.5. The standard InChI is InChI=1S/C14H28N2O4/c1-5-11(7-8-17)9-10(3)15-13(18)12(6-2)16-14(19)20-4/h8,10-13,15,18H,5-7,9H2,1-4H3,(H,16,19). The van der Waals surface area contributed by atoms with Crippen LogP contribution < -0.4 is 10.6 Å². The lowest BCUT2D eigenvalue weighted by Gasteiger charge is -2.27. The Balaban J connectivity index is 4.29. The fraction of sp³-hybridized carbons (Fsp3) is 0.857. The fourth-order valence-corrected chi connectivity index (χ4v) is 2.16. The Labute approximate surface area is 121 Å². The molecule has 4 atom stereocenters. The van der Waals surface area contributed by atoms with Gasteiger partial charge >= 0.3 is 6.09 Å². The number of hydrogen-bond donors (Lipinski definition) is 3. The first-order valence-corrected chi connectivity index (χ1v) is 7.20. The van der Waals surface area contributed by atoms with E-state index in [9.17, 15) is 14.7 Å². The van der Waals surface area contributed by atoms with Gasteiger partial charge in [-0.05, 0) is 25.7 Å². The number of rotatable bonds is 10.